The number of hydrogen-bond acceptors (Lipinski definition) is 5. The van der Waals surface area contributed by atoms with Gasteiger partial charge in [0.1, 0.15) is 6.33 Å². The smallest absolute Gasteiger partial charge is 0.158 e. The third-order valence-electron chi connectivity index (χ3n) is 1.59. The summed E-state index contributed by atoms with van der Waals surface area (Å²) in [4.78, 5) is 4.04. The van der Waals surface area contributed by atoms with E-state index in [1.54, 1.807) is 10.6 Å². The topological polar surface area (TPSA) is 77.2 Å². The van der Waals surface area contributed by atoms with E-state index in [1.165, 1.54) is 12.5 Å². The van der Waals surface area contributed by atoms with Gasteiger partial charge in [0.2, 0.25) is 0 Å². The van der Waals surface area contributed by atoms with E-state index in [-0.39, 0.29) is 5.75 Å². The minimum absolute atomic E-state index is 0.172. The normalized spacial score (nSPS) is 12.1. The van der Waals surface area contributed by atoms with E-state index in [9.17, 15) is 8.42 Å². The molecule has 2 aromatic rings. The van der Waals surface area contributed by atoms with Gasteiger partial charge in [0.05, 0.1) is 23.9 Å². The number of hydrogen-bond donors (Lipinski definition) is 0. The van der Waals surface area contributed by atoms with Gasteiger partial charge < -0.3 is 0 Å². The molecule has 6 nitrogen and oxygen atoms in total. The molecule has 2 aromatic heterocycles. The second-order valence-corrected chi connectivity index (χ2v) is 4.64. The molecule has 2 rings (SSSR count). The summed E-state index contributed by atoms with van der Waals surface area (Å²) >= 11 is 0. The van der Waals surface area contributed by atoms with E-state index in [4.69, 9.17) is 0 Å². The summed E-state index contributed by atoms with van der Waals surface area (Å²) < 4.78 is 23.4. The van der Waals surface area contributed by atoms with Gasteiger partial charge in [0.15, 0.2) is 15.5 Å². The van der Waals surface area contributed by atoms with Crippen molar-refractivity contribution in [3.05, 3.63) is 30.7 Å². The molecule has 0 spiro atoms. The highest BCUT2D eigenvalue weighted by molar-refractivity contribution is 7.91. The van der Waals surface area contributed by atoms with E-state index < -0.39 is 9.84 Å². The number of nitrogens with zero attached hydrogens (tertiary/aromatic N) is 4. The molecule has 0 aliphatic heterocycles. The van der Waals surface area contributed by atoms with Crippen molar-refractivity contribution in [2.75, 3.05) is 0 Å². The fraction of sp³-hybridized carbons (Fsp3) is 0.143. The van der Waals surface area contributed by atoms with Crippen molar-refractivity contribution < 1.29 is 8.42 Å². The van der Waals surface area contributed by atoms with E-state index in [1.807, 2.05) is 0 Å². The summed E-state index contributed by atoms with van der Waals surface area (Å²) in [7, 11) is -3.29. The molecular formula is C7H7N4O2S. The van der Waals surface area contributed by atoms with Crippen molar-refractivity contribution in [3.8, 4) is 0 Å². The molecule has 7 heteroatoms. The largest absolute Gasteiger partial charge is 0.287 e. The zero-order chi connectivity index (χ0) is 10.2. The molecule has 0 saturated carbocycles. The highest BCUT2D eigenvalue weighted by atomic mass is 32.2. The average molecular weight is 211 g/mol. The van der Waals surface area contributed by atoms with Crippen LogP contribution in [0.2, 0.25) is 0 Å². The third kappa shape index (κ3) is 1.87. The third-order valence-corrected chi connectivity index (χ3v) is 2.33. The second-order valence-electron chi connectivity index (χ2n) is 2.86. The van der Waals surface area contributed by atoms with Crippen LogP contribution in [0, 0.1) is 6.26 Å². The maximum atomic E-state index is 10.9. The van der Waals surface area contributed by atoms with Crippen molar-refractivity contribution in [2.24, 2.45) is 0 Å². The van der Waals surface area contributed by atoms with Crippen molar-refractivity contribution in [1.82, 2.24) is 19.6 Å². The SMILES string of the molecule is [CH2]S(=O)(=O)Cc1cn2cnncc2n1. The molecule has 14 heavy (non-hydrogen) atoms. The van der Waals surface area contributed by atoms with Gasteiger partial charge in [-0.15, -0.1) is 5.10 Å². The Kier molecular flexibility index (Phi) is 1.95. The van der Waals surface area contributed by atoms with Gasteiger partial charge in [0, 0.05) is 6.20 Å². The first-order chi connectivity index (χ1) is 6.54. The van der Waals surface area contributed by atoms with Crippen LogP contribution in [0.4, 0.5) is 0 Å². The highest BCUT2D eigenvalue weighted by Crippen LogP contribution is 2.06. The molecule has 0 N–H and O–H groups in total. The number of rotatable bonds is 2. The maximum absolute atomic E-state index is 10.9. The van der Waals surface area contributed by atoms with Crippen LogP contribution < -0.4 is 0 Å². The van der Waals surface area contributed by atoms with E-state index in [0.717, 1.165) is 0 Å². The predicted molar refractivity (Wildman–Crippen MR) is 48.8 cm³/mol. The Balaban J connectivity index is 2.46. The van der Waals surface area contributed by atoms with Crippen molar-refractivity contribution in [1.29, 1.82) is 0 Å². The molecule has 1 radical (unpaired) electrons. The predicted octanol–water partition coefficient (Wildman–Crippen LogP) is -0.169. The Labute approximate surface area is 80.5 Å². The molecule has 2 heterocycles. The van der Waals surface area contributed by atoms with Crippen LogP contribution in [0.3, 0.4) is 0 Å². The van der Waals surface area contributed by atoms with Crippen molar-refractivity contribution in [2.45, 2.75) is 5.75 Å². The summed E-state index contributed by atoms with van der Waals surface area (Å²) in [5.41, 5.74) is 1.01. The Morgan fingerprint density at radius 1 is 1.43 bits per heavy atom. The van der Waals surface area contributed by atoms with Crippen LogP contribution in [0.5, 0.6) is 0 Å². The lowest BCUT2D eigenvalue weighted by Crippen LogP contribution is -1.97. The number of aromatic nitrogens is 4. The fourth-order valence-electron chi connectivity index (χ4n) is 1.11. The summed E-state index contributed by atoms with van der Waals surface area (Å²) in [5, 5.41) is 7.25. The molecule has 0 amide bonds. The van der Waals surface area contributed by atoms with Gasteiger partial charge in [-0.2, -0.15) is 5.10 Å². The summed E-state index contributed by atoms with van der Waals surface area (Å²) in [6.07, 6.45) is 7.54. The Morgan fingerprint density at radius 2 is 2.21 bits per heavy atom. The summed E-state index contributed by atoms with van der Waals surface area (Å²) in [5.74, 6) is -0.172. The Hall–Kier alpha value is -1.50. The maximum Gasteiger partial charge on any atom is 0.158 e. The van der Waals surface area contributed by atoms with Crippen molar-refractivity contribution in [3.63, 3.8) is 0 Å². The molecule has 73 valence electrons. The molecule has 0 aliphatic carbocycles. The molecule has 0 aliphatic rings. The summed E-state index contributed by atoms with van der Waals surface area (Å²) in [6.45, 7) is 0. The second kappa shape index (κ2) is 3.02. The highest BCUT2D eigenvalue weighted by Gasteiger charge is 2.08. The van der Waals surface area contributed by atoms with Gasteiger partial charge in [-0.25, -0.2) is 13.4 Å². The standard InChI is InChI=1S/C7H7N4O2S/c1-14(12,13)4-6-3-11-5-9-8-2-7(11)10-6/h2-3,5H,1,4H2. The summed E-state index contributed by atoms with van der Waals surface area (Å²) in [6, 6.07) is 0. The monoisotopic (exact) mass is 211 g/mol. The molecule has 0 aromatic carbocycles. The molecular weight excluding hydrogens is 204 g/mol. The minimum atomic E-state index is -3.29. The fourth-order valence-corrected chi connectivity index (χ4v) is 1.70. The van der Waals surface area contributed by atoms with Gasteiger partial charge >= 0.3 is 0 Å². The zero-order valence-electron chi connectivity index (χ0n) is 7.16. The van der Waals surface area contributed by atoms with Gasteiger partial charge in [-0.05, 0) is 0 Å². The zero-order valence-corrected chi connectivity index (χ0v) is 7.98. The van der Waals surface area contributed by atoms with E-state index in [0.29, 0.717) is 11.3 Å². The molecule has 0 atom stereocenters. The first kappa shape index (κ1) is 9.07. The molecule has 0 saturated heterocycles. The molecule has 0 bridgehead atoms. The van der Waals surface area contributed by atoms with E-state index >= 15 is 0 Å². The first-order valence-electron chi connectivity index (χ1n) is 3.75. The van der Waals surface area contributed by atoms with Gasteiger partial charge in [-0.1, -0.05) is 0 Å². The molecule has 0 fully saturated rings. The number of fused-ring (bicyclic) bond motifs is 1. The van der Waals surface area contributed by atoms with Crippen LogP contribution >= 0.6 is 0 Å². The minimum Gasteiger partial charge on any atom is -0.287 e. The molecule has 0 unspecified atom stereocenters. The van der Waals surface area contributed by atoms with Gasteiger partial charge in [-0.3, -0.25) is 4.40 Å². The lowest BCUT2D eigenvalue weighted by molar-refractivity contribution is 0.603. The average Bonchev–Trinajstić information content (AvgIpc) is 2.42. The van der Waals surface area contributed by atoms with Gasteiger partial charge in [0.25, 0.3) is 0 Å². The number of sulfone groups is 1. The van der Waals surface area contributed by atoms with Crippen LogP contribution in [0.15, 0.2) is 18.7 Å². The van der Waals surface area contributed by atoms with Crippen LogP contribution in [-0.4, -0.2) is 28.0 Å². The quantitative estimate of drug-likeness (QED) is 0.689. The lowest BCUT2D eigenvalue weighted by Gasteiger charge is -1.89. The lowest BCUT2D eigenvalue weighted by atomic mass is 10.6. The van der Waals surface area contributed by atoms with Crippen molar-refractivity contribution >= 4 is 15.5 Å². The van der Waals surface area contributed by atoms with Crippen LogP contribution in [-0.2, 0) is 15.6 Å². The van der Waals surface area contributed by atoms with Crippen LogP contribution in [0.1, 0.15) is 5.69 Å². The number of imidazole rings is 1. The Morgan fingerprint density at radius 3 is 2.86 bits per heavy atom. The first-order valence-corrected chi connectivity index (χ1v) is 5.57. The van der Waals surface area contributed by atoms with Crippen LogP contribution in [0.25, 0.3) is 5.65 Å². The Bertz CT molecular complexity index is 527. The van der Waals surface area contributed by atoms with E-state index in [2.05, 4.69) is 21.4 Å².